The van der Waals surface area contributed by atoms with Crippen molar-refractivity contribution in [2.24, 2.45) is 0 Å². The van der Waals surface area contributed by atoms with Crippen LogP contribution in [0, 0.1) is 0 Å². The molecule has 0 aromatic heterocycles. The van der Waals surface area contributed by atoms with Crippen molar-refractivity contribution in [3.8, 4) is 0 Å². The first-order chi connectivity index (χ1) is 11.9. The molecule has 0 saturated carbocycles. The highest BCUT2D eigenvalue weighted by Gasteiger charge is 2.43. The highest BCUT2D eigenvalue weighted by molar-refractivity contribution is 6.74. The van der Waals surface area contributed by atoms with Gasteiger partial charge >= 0.3 is 5.97 Å². The molecular weight excluding hydrogens is 372 g/mol. The maximum Gasteiger partial charge on any atom is 0.330 e. The third-order valence-electron chi connectivity index (χ3n) is 5.97. The lowest BCUT2D eigenvalue weighted by atomic mass is 10.1. The normalized spacial score (nSPS) is 16.4. The minimum absolute atomic E-state index is 0.0353. The molecule has 0 aromatic rings. The molecule has 27 heavy (non-hydrogen) atoms. The highest BCUT2D eigenvalue weighted by Crippen LogP contribution is 2.40. The Bertz CT molecular complexity index is 499. The molecule has 0 rings (SSSR count). The summed E-state index contributed by atoms with van der Waals surface area (Å²) in [5.41, 5.74) is 0. The smallest absolute Gasteiger partial charge is 0.330 e. The first-order valence-corrected chi connectivity index (χ1v) is 15.9. The number of hydrogen-bond donors (Lipinski definition) is 0. The molecule has 6 heteroatoms. The van der Waals surface area contributed by atoms with Gasteiger partial charge in [0.1, 0.15) is 0 Å². The summed E-state index contributed by atoms with van der Waals surface area (Å²) in [5, 5.41) is 0.260. The summed E-state index contributed by atoms with van der Waals surface area (Å²) in [5.74, 6) is -0.304. The Morgan fingerprint density at radius 1 is 0.926 bits per heavy atom. The predicted octanol–water partition coefficient (Wildman–Crippen LogP) is 6.30. The van der Waals surface area contributed by atoms with Crippen LogP contribution < -0.4 is 0 Å². The average Bonchev–Trinajstić information content (AvgIpc) is 2.43. The van der Waals surface area contributed by atoms with Gasteiger partial charge < -0.3 is 13.6 Å². The molecule has 0 aliphatic rings. The summed E-state index contributed by atoms with van der Waals surface area (Å²) < 4.78 is 18.3. The fourth-order valence-corrected chi connectivity index (χ4v) is 4.93. The van der Waals surface area contributed by atoms with Crippen molar-refractivity contribution >= 4 is 22.6 Å². The van der Waals surface area contributed by atoms with E-state index < -0.39 is 16.6 Å². The van der Waals surface area contributed by atoms with Gasteiger partial charge in [-0.25, -0.2) is 4.79 Å². The Morgan fingerprint density at radius 2 is 1.37 bits per heavy atom. The molecule has 0 N–H and O–H groups in total. The molecule has 0 saturated heterocycles. The van der Waals surface area contributed by atoms with Crippen molar-refractivity contribution in [1.82, 2.24) is 0 Å². The summed E-state index contributed by atoms with van der Waals surface area (Å²) in [7, 11) is -3.87. The second-order valence-corrected chi connectivity index (χ2v) is 19.9. The van der Waals surface area contributed by atoms with Crippen molar-refractivity contribution in [2.45, 2.75) is 110 Å². The fourth-order valence-electron chi connectivity index (χ4n) is 2.10. The van der Waals surface area contributed by atoms with Crippen LogP contribution in [-0.2, 0) is 18.4 Å². The van der Waals surface area contributed by atoms with E-state index in [-0.39, 0.29) is 28.3 Å². The number of hydrogen-bond acceptors (Lipinski definition) is 4. The summed E-state index contributed by atoms with van der Waals surface area (Å²) >= 11 is 0. The van der Waals surface area contributed by atoms with Gasteiger partial charge in [0.2, 0.25) is 0 Å². The van der Waals surface area contributed by atoms with Gasteiger partial charge in [-0.05, 0) is 56.5 Å². The zero-order chi connectivity index (χ0) is 21.7. The van der Waals surface area contributed by atoms with Crippen molar-refractivity contribution in [2.75, 3.05) is 6.61 Å². The van der Waals surface area contributed by atoms with Crippen LogP contribution >= 0.6 is 0 Å². The molecule has 0 bridgehead atoms. The number of rotatable bonds is 9. The minimum Gasteiger partial charge on any atom is -0.463 e. The van der Waals surface area contributed by atoms with E-state index in [9.17, 15) is 4.79 Å². The SMILES string of the molecule is CCOC(=O)/C=C/C[C@@H](O[Si](C)(C)C(C)(C)C)[C@@H](C)O[Si](C)(C)C(C)(C)C. The Balaban J connectivity index is 5.42. The van der Waals surface area contributed by atoms with E-state index in [0.29, 0.717) is 13.0 Å². The van der Waals surface area contributed by atoms with Gasteiger partial charge in [0.05, 0.1) is 18.8 Å². The van der Waals surface area contributed by atoms with Crippen LogP contribution in [0.2, 0.25) is 36.3 Å². The number of carbonyl (C=O) groups is 1. The standard InChI is InChI=1S/C21H44O4Si2/c1-13-23-19(22)16-14-15-18(25-27(11,12)21(6,7)8)17(2)24-26(9,10)20(3,4)5/h14,16-18H,13,15H2,1-12H3/b16-14+/t17-,18-/m1/s1. The molecular formula is C21H44O4Si2. The van der Waals surface area contributed by atoms with E-state index in [4.69, 9.17) is 13.6 Å². The molecule has 0 aliphatic carbocycles. The van der Waals surface area contributed by atoms with E-state index >= 15 is 0 Å². The number of esters is 1. The van der Waals surface area contributed by atoms with E-state index in [1.165, 1.54) is 6.08 Å². The Hall–Kier alpha value is -0.436. The van der Waals surface area contributed by atoms with Gasteiger partial charge in [-0.1, -0.05) is 47.6 Å². The molecule has 0 aromatic carbocycles. The van der Waals surface area contributed by atoms with Crippen LogP contribution in [0.1, 0.15) is 61.8 Å². The lowest BCUT2D eigenvalue weighted by Crippen LogP contribution is -2.51. The summed E-state index contributed by atoms with van der Waals surface area (Å²) in [6.45, 7) is 26.8. The largest absolute Gasteiger partial charge is 0.463 e. The van der Waals surface area contributed by atoms with Crippen LogP contribution in [0.4, 0.5) is 0 Å². The lowest BCUT2D eigenvalue weighted by molar-refractivity contribution is -0.137. The Morgan fingerprint density at radius 3 is 1.78 bits per heavy atom. The highest BCUT2D eigenvalue weighted by atomic mass is 28.4. The molecule has 160 valence electrons. The van der Waals surface area contributed by atoms with Crippen molar-refractivity contribution in [3.63, 3.8) is 0 Å². The van der Waals surface area contributed by atoms with Gasteiger partial charge in [0.15, 0.2) is 16.6 Å². The molecule has 0 heterocycles. The quantitative estimate of drug-likeness (QED) is 0.251. The van der Waals surface area contributed by atoms with E-state index in [1.54, 1.807) is 0 Å². The topological polar surface area (TPSA) is 44.8 Å². The zero-order valence-corrected chi connectivity index (χ0v) is 21.9. The summed E-state index contributed by atoms with van der Waals surface area (Å²) in [4.78, 5) is 11.6. The second kappa shape index (κ2) is 9.85. The fraction of sp³-hybridized carbons (Fsp3) is 0.857. The first kappa shape index (κ1) is 26.6. The first-order valence-electron chi connectivity index (χ1n) is 10.1. The molecule has 0 amide bonds. The van der Waals surface area contributed by atoms with Gasteiger partial charge in [0.25, 0.3) is 0 Å². The van der Waals surface area contributed by atoms with Gasteiger partial charge in [-0.2, -0.15) is 0 Å². The van der Waals surface area contributed by atoms with Crippen LogP contribution in [0.15, 0.2) is 12.2 Å². The van der Waals surface area contributed by atoms with Crippen LogP contribution in [0.3, 0.4) is 0 Å². The number of carbonyl (C=O) groups excluding carboxylic acids is 1. The monoisotopic (exact) mass is 416 g/mol. The molecule has 4 nitrogen and oxygen atoms in total. The maximum atomic E-state index is 11.6. The van der Waals surface area contributed by atoms with Crippen molar-refractivity contribution in [3.05, 3.63) is 12.2 Å². The van der Waals surface area contributed by atoms with E-state index in [0.717, 1.165) is 0 Å². The second-order valence-electron chi connectivity index (χ2n) is 10.4. The molecule has 2 atom stereocenters. The molecule has 0 fully saturated rings. The third-order valence-corrected chi connectivity index (χ3v) is 15.0. The molecule has 0 aliphatic heterocycles. The van der Waals surface area contributed by atoms with Crippen LogP contribution in [0.25, 0.3) is 0 Å². The predicted molar refractivity (Wildman–Crippen MR) is 120 cm³/mol. The summed E-state index contributed by atoms with van der Waals surface area (Å²) in [6.07, 6.45) is 3.89. The van der Waals surface area contributed by atoms with Crippen molar-refractivity contribution in [1.29, 1.82) is 0 Å². The Labute approximate surface area is 170 Å². The van der Waals surface area contributed by atoms with Crippen LogP contribution in [0.5, 0.6) is 0 Å². The minimum atomic E-state index is -1.96. The molecule has 0 radical (unpaired) electrons. The van der Waals surface area contributed by atoms with E-state index in [2.05, 4.69) is 74.7 Å². The molecule has 0 unspecified atom stereocenters. The lowest BCUT2D eigenvalue weighted by Gasteiger charge is -2.44. The molecule has 0 spiro atoms. The van der Waals surface area contributed by atoms with E-state index in [1.807, 2.05) is 13.0 Å². The zero-order valence-electron chi connectivity index (χ0n) is 19.9. The Kier molecular flexibility index (Phi) is 9.69. The van der Waals surface area contributed by atoms with Gasteiger partial charge in [0, 0.05) is 6.08 Å². The summed E-state index contributed by atoms with van der Waals surface area (Å²) in [6, 6.07) is 0. The van der Waals surface area contributed by atoms with Gasteiger partial charge in [-0.3, -0.25) is 0 Å². The average molecular weight is 417 g/mol. The number of ether oxygens (including phenoxy) is 1. The van der Waals surface area contributed by atoms with Gasteiger partial charge in [-0.15, -0.1) is 0 Å². The third kappa shape index (κ3) is 8.63. The maximum absolute atomic E-state index is 11.6. The van der Waals surface area contributed by atoms with Crippen molar-refractivity contribution < 1.29 is 18.4 Å². The van der Waals surface area contributed by atoms with Crippen LogP contribution in [-0.4, -0.2) is 41.4 Å².